The topological polar surface area (TPSA) is 68.2 Å². The van der Waals surface area contributed by atoms with E-state index in [9.17, 15) is 4.79 Å². The van der Waals surface area contributed by atoms with Gasteiger partial charge in [-0.1, -0.05) is 6.92 Å². The molecule has 1 rings (SSSR count). The number of nitrogens with zero attached hydrogens (tertiary/aromatic N) is 2. The van der Waals surface area contributed by atoms with Crippen LogP contribution in [0.25, 0.3) is 0 Å². The Morgan fingerprint density at radius 2 is 2.05 bits per heavy atom. The van der Waals surface area contributed by atoms with Crippen LogP contribution in [0.2, 0.25) is 0 Å². The van der Waals surface area contributed by atoms with Crippen LogP contribution < -0.4 is 10.6 Å². The van der Waals surface area contributed by atoms with Crippen molar-refractivity contribution in [3.05, 3.63) is 17.5 Å². The molecule has 0 bridgehead atoms. The van der Waals surface area contributed by atoms with Crippen LogP contribution in [0.3, 0.4) is 0 Å². The number of carbonyl (C=O) groups is 1. The van der Waals surface area contributed by atoms with Crippen molar-refractivity contribution < 1.29 is 9.53 Å². The SMILES string of the molecule is Cc1cc(C)n(CC(C)CNC(=O)NCCCOC(C)C)n1. The summed E-state index contributed by atoms with van der Waals surface area (Å²) in [6, 6.07) is 1.94. The van der Waals surface area contributed by atoms with Gasteiger partial charge in [0.25, 0.3) is 0 Å². The monoisotopic (exact) mass is 310 g/mol. The Bertz CT molecular complexity index is 457. The molecule has 1 aromatic rings. The average molecular weight is 310 g/mol. The van der Waals surface area contributed by atoms with Crippen LogP contribution in [0.1, 0.15) is 38.6 Å². The van der Waals surface area contributed by atoms with E-state index in [1.807, 2.05) is 32.4 Å². The molecule has 1 unspecified atom stereocenters. The molecule has 0 aliphatic heterocycles. The number of rotatable bonds is 9. The summed E-state index contributed by atoms with van der Waals surface area (Å²) in [4.78, 5) is 11.7. The van der Waals surface area contributed by atoms with Crippen LogP contribution in [0.15, 0.2) is 6.07 Å². The minimum Gasteiger partial charge on any atom is -0.379 e. The lowest BCUT2D eigenvalue weighted by molar-refractivity contribution is 0.0774. The van der Waals surface area contributed by atoms with Gasteiger partial charge in [0.05, 0.1) is 11.8 Å². The van der Waals surface area contributed by atoms with Crippen molar-refractivity contribution in [3.63, 3.8) is 0 Å². The summed E-state index contributed by atoms with van der Waals surface area (Å²) in [5, 5.41) is 10.2. The van der Waals surface area contributed by atoms with Crippen LogP contribution in [0.5, 0.6) is 0 Å². The first-order valence-electron chi connectivity index (χ1n) is 8.02. The van der Waals surface area contributed by atoms with Crippen LogP contribution in [0, 0.1) is 19.8 Å². The number of ether oxygens (including phenoxy) is 1. The number of hydrogen-bond donors (Lipinski definition) is 2. The maximum absolute atomic E-state index is 11.7. The minimum absolute atomic E-state index is 0.121. The molecular weight excluding hydrogens is 280 g/mol. The van der Waals surface area contributed by atoms with Gasteiger partial charge < -0.3 is 15.4 Å². The highest BCUT2D eigenvalue weighted by atomic mass is 16.5. The number of aromatic nitrogens is 2. The van der Waals surface area contributed by atoms with E-state index >= 15 is 0 Å². The Kier molecular flexibility index (Phi) is 7.95. The highest BCUT2D eigenvalue weighted by molar-refractivity contribution is 5.73. The van der Waals surface area contributed by atoms with Gasteiger partial charge in [0.1, 0.15) is 0 Å². The molecule has 0 saturated heterocycles. The summed E-state index contributed by atoms with van der Waals surface area (Å²) in [6.45, 7) is 12.9. The van der Waals surface area contributed by atoms with E-state index in [0.29, 0.717) is 25.6 Å². The molecule has 2 N–H and O–H groups in total. The normalized spacial score (nSPS) is 12.5. The van der Waals surface area contributed by atoms with E-state index in [-0.39, 0.29) is 12.1 Å². The fraction of sp³-hybridized carbons (Fsp3) is 0.750. The molecule has 126 valence electrons. The van der Waals surface area contributed by atoms with Crippen molar-refractivity contribution in [1.29, 1.82) is 0 Å². The number of amides is 2. The van der Waals surface area contributed by atoms with Gasteiger partial charge in [-0.05, 0) is 46.1 Å². The molecule has 1 heterocycles. The second kappa shape index (κ2) is 9.46. The van der Waals surface area contributed by atoms with Gasteiger partial charge in [0.15, 0.2) is 0 Å². The summed E-state index contributed by atoms with van der Waals surface area (Å²) in [5.41, 5.74) is 2.18. The first kappa shape index (κ1) is 18.5. The molecule has 1 aromatic heterocycles. The minimum atomic E-state index is -0.121. The largest absolute Gasteiger partial charge is 0.379 e. The molecule has 0 fully saturated rings. The number of nitrogens with one attached hydrogen (secondary N) is 2. The maximum atomic E-state index is 11.7. The Morgan fingerprint density at radius 3 is 2.64 bits per heavy atom. The fourth-order valence-electron chi connectivity index (χ4n) is 2.14. The second-order valence-electron chi connectivity index (χ2n) is 6.12. The molecule has 0 aliphatic rings. The number of aryl methyl sites for hydroxylation is 2. The Morgan fingerprint density at radius 1 is 1.32 bits per heavy atom. The van der Waals surface area contributed by atoms with E-state index in [1.54, 1.807) is 0 Å². The number of carbonyl (C=O) groups excluding carboxylic acids is 1. The van der Waals surface area contributed by atoms with E-state index in [1.165, 1.54) is 0 Å². The highest BCUT2D eigenvalue weighted by Crippen LogP contribution is 2.05. The zero-order valence-electron chi connectivity index (χ0n) is 14.5. The Hall–Kier alpha value is -1.56. The summed E-state index contributed by atoms with van der Waals surface area (Å²) in [5.74, 6) is 0.327. The second-order valence-corrected chi connectivity index (χ2v) is 6.12. The predicted molar refractivity (Wildman–Crippen MR) is 88.0 cm³/mol. The van der Waals surface area contributed by atoms with E-state index in [4.69, 9.17) is 4.74 Å². The summed E-state index contributed by atoms with van der Waals surface area (Å²) in [6.07, 6.45) is 1.07. The molecule has 6 nitrogen and oxygen atoms in total. The Labute approximate surface area is 133 Å². The number of hydrogen-bond acceptors (Lipinski definition) is 3. The van der Waals surface area contributed by atoms with Crippen molar-refractivity contribution in [2.75, 3.05) is 19.7 Å². The molecule has 6 heteroatoms. The van der Waals surface area contributed by atoms with Crippen molar-refractivity contribution >= 4 is 6.03 Å². The van der Waals surface area contributed by atoms with E-state index in [0.717, 1.165) is 24.4 Å². The van der Waals surface area contributed by atoms with Crippen molar-refractivity contribution in [2.45, 2.75) is 53.7 Å². The number of urea groups is 1. The predicted octanol–water partition coefficient (Wildman–Crippen LogP) is 2.25. The van der Waals surface area contributed by atoms with Gasteiger partial charge in [0, 0.05) is 31.9 Å². The Balaban J connectivity index is 2.14. The van der Waals surface area contributed by atoms with Gasteiger partial charge in [-0.15, -0.1) is 0 Å². The van der Waals surface area contributed by atoms with Crippen LogP contribution in [-0.2, 0) is 11.3 Å². The summed E-state index contributed by atoms with van der Waals surface area (Å²) in [7, 11) is 0. The van der Waals surface area contributed by atoms with Crippen LogP contribution in [0.4, 0.5) is 4.79 Å². The lowest BCUT2D eigenvalue weighted by Gasteiger charge is -2.14. The van der Waals surface area contributed by atoms with Crippen molar-refractivity contribution in [3.8, 4) is 0 Å². The molecule has 0 aromatic carbocycles. The zero-order chi connectivity index (χ0) is 16.5. The third-order valence-electron chi connectivity index (χ3n) is 3.26. The molecule has 1 atom stereocenters. The molecule has 0 spiro atoms. The highest BCUT2D eigenvalue weighted by Gasteiger charge is 2.08. The maximum Gasteiger partial charge on any atom is 0.314 e. The first-order chi connectivity index (χ1) is 10.4. The van der Waals surface area contributed by atoms with E-state index < -0.39 is 0 Å². The third-order valence-corrected chi connectivity index (χ3v) is 3.26. The standard InChI is InChI=1S/C16H30N4O2/c1-12(2)22-8-6-7-17-16(21)18-10-13(3)11-20-15(5)9-14(4)19-20/h9,12-13H,6-8,10-11H2,1-5H3,(H2,17,18,21). The molecule has 2 amide bonds. The third kappa shape index (κ3) is 7.45. The smallest absolute Gasteiger partial charge is 0.314 e. The van der Waals surface area contributed by atoms with Gasteiger partial charge in [-0.3, -0.25) is 4.68 Å². The lowest BCUT2D eigenvalue weighted by atomic mass is 10.2. The van der Waals surface area contributed by atoms with Gasteiger partial charge in [-0.25, -0.2) is 4.79 Å². The molecule has 0 saturated carbocycles. The van der Waals surface area contributed by atoms with Crippen LogP contribution >= 0.6 is 0 Å². The molecule has 0 aliphatic carbocycles. The summed E-state index contributed by atoms with van der Waals surface area (Å²) >= 11 is 0. The van der Waals surface area contributed by atoms with Crippen molar-refractivity contribution in [2.24, 2.45) is 5.92 Å². The van der Waals surface area contributed by atoms with Gasteiger partial charge in [-0.2, -0.15) is 5.10 Å². The quantitative estimate of drug-likeness (QED) is 0.687. The van der Waals surface area contributed by atoms with Gasteiger partial charge in [0.2, 0.25) is 0 Å². The molecule has 0 radical (unpaired) electrons. The summed E-state index contributed by atoms with van der Waals surface area (Å²) < 4.78 is 7.41. The molecular formula is C16H30N4O2. The van der Waals surface area contributed by atoms with Crippen molar-refractivity contribution in [1.82, 2.24) is 20.4 Å². The average Bonchev–Trinajstić information content (AvgIpc) is 2.74. The molecule has 22 heavy (non-hydrogen) atoms. The van der Waals surface area contributed by atoms with E-state index in [2.05, 4.69) is 28.7 Å². The van der Waals surface area contributed by atoms with Crippen LogP contribution in [-0.4, -0.2) is 41.6 Å². The fourth-order valence-corrected chi connectivity index (χ4v) is 2.14. The first-order valence-corrected chi connectivity index (χ1v) is 8.02. The van der Waals surface area contributed by atoms with Gasteiger partial charge >= 0.3 is 6.03 Å². The lowest BCUT2D eigenvalue weighted by Crippen LogP contribution is -2.39. The zero-order valence-corrected chi connectivity index (χ0v) is 14.5.